The van der Waals surface area contributed by atoms with Gasteiger partial charge in [-0.2, -0.15) is 4.31 Å². The quantitative estimate of drug-likeness (QED) is 0.742. The van der Waals surface area contributed by atoms with Crippen LogP contribution in [-0.2, 0) is 14.8 Å². The van der Waals surface area contributed by atoms with E-state index in [9.17, 15) is 13.2 Å². The predicted octanol–water partition coefficient (Wildman–Crippen LogP) is 3.19. The molecule has 0 aliphatic carbocycles. The average Bonchev–Trinajstić information content (AvgIpc) is 2.73. The number of rotatable bonds is 5. The van der Waals surface area contributed by atoms with Crippen molar-refractivity contribution in [3.8, 4) is 0 Å². The molecule has 2 aromatic rings. The van der Waals surface area contributed by atoms with Crippen molar-refractivity contribution < 1.29 is 17.9 Å². The molecule has 1 heterocycles. The largest absolute Gasteiger partial charge is 0.379 e. The van der Waals surface area contributed by atoms with E-state index < -0.39 is 10.0 Å². The molecule has 150 valence electrons. The molecule has 2 aromatic carbocycles. The van der Waals surface area contributed by atoms with Gasteiger partial charge in [-0.25, -0.2) is 8.42 Å². The standard InChI is InChI=1S/C20H23ClN2O4S/c1-15(16-6-4-3-5-7-16)22(2)20(24)17-8-9-18(21)19(14-17)28(25,26)23-10-12-27-13-11-23/h3-9,14-15H,10-13H2,1-2H3/t15-/m1/s1. The summed E-state index contributed by atoms with van der Waals surface area (Å²) in [5.41, 5.74) is 1.27. The smallest absolute Gasteiger partial charge is 0.254 e. The van der Waals surface area contributed by atoms with Gasteiger partial charge in [-0.05, 0) is 30.7 Å². The molecule has 0 radical (unpaired) electrons. The van der Waals surface area contributed by atoms with Gasteiger partial charge in [-0.15, -0.1) is 0 Å². The average molecular weight is 423 g/mol. The summed E-state index contributed by atoms with van der Waals surface area (Å²) in [7, 11) is -2.10. The Morgan fingerprint density at radius 3 is 2.43 bits per heavy atom. The van der Waals surface area contributed by atoms with Gasteiger partial charge in [-0.1, -0.05) is 41.9 Å². The molecule has 1 saturated heterocycles. The van der Waals surface area contributed by atoms with E-state index >= 15 is 0 Å². The molecule has 6 nitrogen and oxygen atoms in total. The SMILES string of the molecule is C[C@H](c1ccccc1)N(C)C(=O)c1ccc(Cl)c(S(=O)(=O)N2CCOCC2)c1. The highest BCUT2D eigenvalue weighted by Crippen LogP contribution is 2.28. The van der Waals surface area contributed by atoms with Crippen LogP contribution in [0.15, 0.2) is 53.4 Å². The minimum absolute atomic E-state index is 0.0531. The Kier molecular flexibility index (Phi) is 6.40. The number of halogens is 1. The zero-order valence-electron chi connectivity index (χ0n) is 15.8. The lowest BCUT2D eigenvalue weighted by Crippen LogP contribution is -2.40. The molecule has 0 N–H and O–H groups in total. The van der Waals surface area contributed by atoms with Gasteiger partial charge in [0.15, 0.2) is 0 Å². The minimum Gasteiger partial charge on any atom is -0.379 e. The van der Waals surface area contributed by atoms with Crippen molar-refractivity contribution in [1.29, 1.82) is 0 Å². The molecule has 0 unspecified atom stereocenters. The molecule has 0 spiro atoms. The molecule has 28 heavy (non-hydrogen) atoms. The second-order valence-corrected chi connectivity index (χ2v) is 8.98. The molecule has 0 bridgehead atoms. The molecule has 1 amide bonds. The van der Waals surface area contributed by atoms with E-state index in [4.69, 9.17) is 16.3 Å². The van der Waals surface area contributed by atoms with Crippen molar-refractivity contribution in [2.24, 2.45) is 0 Å². The van der Waals surface area contributed by atoms with E-state index in [1.165, 1.54) is 16.4 Å². The highest BCUT2D eigenvalue weighted by atomic mass is 35.5. The summed E-state index contributed by atoms with van der Waals surface area (Å²) in [4.78, 5) is 14.5. The molecular weight excluding hydrogens is 400 g/mol. The Labute approximate surface area is 170 Å². The fourth-order valence-corrected chi connectivity index (χ4v) is 5.00. The van der Waals surface area contributed by atoms with Gasteiger partial charge in [0.2, 0.25) is 10.0 Å². The third-order valence-corrected chi connectivity index (χ3v) is 7.33. The number of ether oxygens (including phenoxy) is 1. The number of carbonyl (C=O) groups excluding carboxylic acids is 1. The topological polar surface area (TPSA) is 66.9 Å². The summed E-state index contributed by atoms with van der Waals surface area (Å²) in [6.45, 7) is 3.14. The molecule has 0 aromatic heterocycles. The van der Waals surface area contributed by atoms with E-state index in [1.54, 1.807) is 18.0 Å². The maximum atomic E-state index is 13.0. The first-order chi connectivity index (χ1) is 13.3. The molecule has 3 rings (SSSR count). The predicted molar refractivity (Wildman–Crippen MR) is 108 cm³/mol. The summed E-state index contributed by atoms with van der Waals surface area (Å²) < 4.78 is 32.5. The lowest BCUT2D eigenvalue weighted by atomic mass is 10.1. The van der Waals surface area contributed by atoms with Gasteiger partial charge < -0.3 is 9.64 Å². The Morgan fingerprint density at radius 1 is 1.14 bits per heavy atom. The van der Waals surface area contributed by atoms with Gasteiger partial charge in [0.1, 0.15) is 4.90 Å². The van der Waals surface area contributed by atoms with E-state index in [2.05, 4.69) is 0 Å². The molecule has 0 saturated carbocycles. The third kappa shape index (κ3) is 4.22. The van der Waals surface area contributed by atoms with Gasteiger partial charge in [0.25, 0.3) is 5.91 Å². The Bertz CT molecular complexity index is 944. The second-order valence-electron chi connectivity index (χ2n) is 6.66. The van der Waals surface area contributed by atoms with E-state index in [0.717, 1.165) is 5.56 Å². The van der Waals surface area contributed by atoms with Crippen molar-refractivity contribution in [3.05, 3.63) is 64.7 Å². The van der Waals surface area contributed by atoms with Crippen LogP contribution in [0.4, 0.5) is 0 Å². The maximum absolute atomic E-state index is 13.0. The number of hydrogen-bond donors (Lipinski definition) is 0. The lowest BCUT2D eigenvalue weighted by Gasteiger charge is -2.27. The van der Waals surface area contributed by atoms with Gasteiger partial charge in [0, 0.05) is 25.7 Å². The second kappa shape index (κ2) is 8.61. The highest BCUT2D eigenvalue weighted by Gasteiger charge is 2.30. The Morgan fingerprint density at radius 2 is 1.79 bits per heavy atom. The zero-order valence-corrected chi connectivity index (χ0v) is 17.4. The summed E-state index contributed by atoms with van der Waals surface area (Å²) in [6.07, 6.45) is 0. The first-order valence-corrected chi connectivity index (χ1v) is 10.8. The maximum Gasteiger partial charge on any atom is 0.254 e. The summed E-state index contributed by atoms with van der Waals surface area (Å²) >= 11 is 6.18. The van der Waals surface area contributed by atoms with Crippen LogP contribution < -0.4 is 0 Å². The van der Waals surface area contributed by atoms with Crippen LogP contribution in [0.3, 0.4) is 0 Å². The number of morpholine rings is 1. The Balaban J connectivity index is 1.89. The molecule has 1 atom stereocenters. The van der Waals surface area contributed by atoms with Crippen LogP contribution in [0.25, 0.3) is 0 Å². The first kappa shape index (κ1) is 20.8. The van der Waals surface area contributed by atoms with E-state index in [-0.39, 0.29) is 40.5 Å². The van der Waals surface area contributed by atoms with Crippen LogP contribution in [0.1, 0.15) is 28.9 Å². The number of amides is 1. The highest BCUT2D eigenvalue weighted by molar-refractivity contribution is 7.89. The van der Waals surface area contributed by atoms with Crippen molar-refractivity contribution in [2.45, 2.75) is 17.9 Å². The van der Waals surface area contributed by atoms with Crippen molar-refractivity contribution in [1.82, 2.24) is 9.21 Å². The van der Waals surface area contributed by atoms with Crippen molar-refractivity contribution in [3.63, 3.8) is 0 Å². The van der Waals surface area contributed by atoms with E-state index in [0.29, 0.717) is 13.2 Å². The van der Waals surface area contributed by atoms with Gasteiger partial charge in [0.05, 0.1) is 24.3 Å². The van der Waals surface area contributed by atoms with Crippen LogP contribution in [0, 0.1) is 0 Å². The van der Waals surface area contributed by atoms with Crippen molar-refractivity contribution in [2.75, 3.05) is 33.4 Å². The van der Waals surface area contributed by atoms with Gasteiger partial charge in [-0.3, -0.25) is 4.79 Å². The summed E-state index contributed by atoms with van der Waals surface area (Å²) in [6, 6.07) is 13.9. The third-order valence-electron chi connectivity index (χ3n) is 4.95. The molecule has 1 fully saturated rings. The van der Waals surface area contributed by atoms with Crippen LogP contribution >= 0.6 is 11.6 Å². The number of sulfonamides is 1. The van der Waals surface area contributed by atoms with E-state index in [1.807, 2.05) is 37.3 Å². The molecule has 1 aliphatic rings. The normalized spacial score (nSPS) is 16.5. The zero-order chi connectivity index (χ0) is 20.3. The number of carbonyl (C=O) groups is 1. The van der Waals surface area contributed by atoms with Crippen LogP contribution in [-0.4, -0.2) is 56.9 Å². The Hall–Kier alpha value is -1.93. The molecule has 8 heteroatoms. The fourth-order valence-electron chi connectivity index (χ4n) is 3.09. The number of hydrogen-bond acceptors (Lipinski definition) is 4. The fraction of sp³-hybridized carbons (Fsp3) is 0.350. The summed E-state index contributed by atoms with van der Waals surface area (Å²) in [5.74, 6) is -0.272. The van der Waals surface area contributed by atoms with Crippen LogP contribution in [0.5, 0.6) is 0 Å². The molecular formula is C20H23ClN2O4S. The molecule has 1 aliphatic heterocycles. The lowest BCUT2D eigenvalue weighted by molar-refractivity contribution is 0.0729. The van der Waals surface area contributed by atoms with Gasteiger partial charge >= 0.3 is 0 Å². The van der Waals surface area contributed by atoms with Crippen LogP contribution in [0.2, 0.25) is 5.02 Å². The number of nitrogens with zero attached hydrogens (tertiary/aromatic N) is 2. The summed E-state index contributed by atoms with van der Waals surface area (Å²) in [5, 5.41) is 0.0989. The van der Waals surface area contributed by atoms with Crippen molar-refractivity contribution >= 4 is 27.5 Å². The monoisotopic (exact) mass is 422 g/mol. The minimum atomic E-state index is -3.80. The first-order valence-electron chi connectivity index (χ1n) is 9.02. The number of benzene rings is 2.